The lowest BCUT2D eigenvalue weighted by Gasteiger charge is -2.13. The lowest BCUT2D eigenvalue weighted by molar-refractivity contribution is 0.238. The van der Waals surface area contributed by atoms with E-state index < -0.39 is 0 Å². The Hall–Kier alpha value is -2.31. The van der Waals surface area contributed by atoms with Gasteiger partial charge in [0.25, 0.3) is 0 Å². The smallest absolute Gasteiger partial charge is 0.315 e. The van der Waals surface area contributed by atoms with Gasteiger partial charge in [0, 0.05) is 23.9 Å². The van der Waals surface area contributed by atoms with Crippen LogP contribution in [0.25, 0.3) is 0 Å². The molecule has 0 radical (unpaired) electrons. The molecule has 0 aliphatic carbocycles. The van der Waals surface area contributed by atoms with Crippen LogP contribution >= 0.6 is 0 Å². The molecule has 0 spiro atoms. The second-order valence-corrected chi connectivity index (χ2v) is 6.64. The number of nitrogens with zero attached hydrogens (tertiary/aromatic N) is 2. The third-order valence-corrected chi connectivity index (χ3v) is 3.73. The molecule has 0 aliphatic rings. The second-order valence-electron chi connectivity index (χ2n) is 6.64. The van der Waals surface area contributed by atoms with Crippen LogP contribution < -0.4 is 10.6 Å². The Morgan fingerprint density at radius 2 is 1.88 bits per heavy atom. The Morgan fingerprint density at radius 3 is 2.46 bits per heavy atom. The molecule has 2 heterocycles. The first kappa shape index (κ1) is 18.0. The van der Waals surface area contributed by atoms with Gasteiger partial charge in [0.2, 0.25) is 5.89 Å². The average molecular weight is 334 g/mol. The third kappa shape index (κ3) is 4.37. The number of rotatable bonds is 6. The number of aryl methyl sites for hydroxylation is 2. The van der Waals surface area contributed by atoms with E-state index in [2.05, 4.69) is 20.8 Å². The van der Waals surface area contributed by atoms with E-state index in [1.807, 2.05) is 34.6 Å². The van der Waals surface area contributed by atoms with Gasteiger partial charge >= 0.3 is 6.03 Å². The van der Waals surface area contributed by atoms with Crippen molar-refractivity contribution in [1.29, 1.82) is 0 Å². The second kappa shape index (κ2) is 7.51. The minimum Gasteiger partial charge on any atom is -0.443 e. The van der Waals surface area contributed by atoms with Crippen LogP contribution in [0, 0.1) is 0 Å². The summed E-state index contributed by atoms with van der Waals surface area (Å²) in [6.45, 7) is 10.8. The van der Waals surface area contributed by atoms with Gasteiger partial charge in [0.1, 0.15) is 11.5 Å². The maximum absolute atomic E-state index is 12.0. The van der Waals surface area contributed by atoms with Crippen LogP contribution in [0.1, 0.15) is 63.3 Å². The van der Waals surface area contributed by atoms with Crippen molar-refractivity contribution in [3.8, 4) is 0 Å². The Bertz CT molecular complexity index is 661. The van der Waals surface area contributed by atoms with Crippen molar-refractivity contribution >= 4 is 6.03 Å². The fourth-order valence-electron chi connectivity index (χ4n) is 2.26. The molecular weight excluding hydrogens is 308 g/mol. The summed E-state index contributed by atoms with van der Waals surface area (Å²) >= 11 is 0. The van der Waals surface area contributed by atoms with Crippen molar-refractivity contribution in [2.24, 2.45) is 0 Å². The summed E-state index contributed by atoms with van der Waals surface area (Å²) in [7, 11) is 0. The number of amides is 2. The number of hydrogen-bond acceptors (Lipinski definition) is 5. The van der Waals surface area contributed by atoms with Crippen LogP contribution in [0.2, 0.25) is 0 Å². The summed E-state index contributed by atoms with van der Waals surface area (Å²) in [4.78, 5) is 16.2. The molecule has 24 heavy (non-hydrogen) atoms. The molecule has 0 saturated heterocycles. The number of carbonyl (C=O) groups excluding carboxylic acids is 1. The summed E-state index contributed by atoms with van der Waals surface area (Å²) in [6, 6.07) is -0.282. The monoisotopic (exact) mass is 334 g/mol. The van der Waals surface area contributed by atoms with E-state index in [0.29, 0.717) is 12.4 Å². The van der Waals surface area contributed by atoms with Gasteiger partial charge < -0.3 is 19.6 Å². The van der Waals surface area contributed by atoms with E-state index in [9.17, 15) is 4.79 Å². The minimum absolute atomic E-state index is 0.102. The molecule has 0 aromatic carbocycles. The van der Waals surface area contributed by atoms with E-state index in [1.165, 1.54) is 0 Å². The summed E-state index contributed by atoms with van der Waals surface area (Å²) in [5.74, 6) is 2.10. The normalized spacial score (nSPS) is 11.5. The summed E-state index contributed by atoms with van der Waals surface area (Å²) in [5, 5.41) is 9.60. The van der Waals surface area contributed by atoms with E-state index in [4.69, 9.17) is 8.94 Å². The van der Waals surface area contributed by atoms with Gasteiger partial charge in [-0.2, -0.15) is 0 Å². The number of nitrogens with one attached hydrogen (secondary N) is 2. The lowest BCUT2D eigenvalue weighted by atomic mass is 9.94. The van der Waals surface area contributed by atoms with Crippen molar-refractivity contribution in [2.45, 2.75) is 66.0 Å². The number of hydrogen-bond donors (Lipinski definition) is 2. The highest BCUT2D eigenvalue weighted by molar-refractivity contribution is 5.73. The zero-order valence-corrected chi connectivity index (χ0v) is 15.0. The van der Waals surface area contributed by atoms with E-state index >= 15 is 0 Å². The quantitative estimate of drug-likeness (QED) is 0.847. The molecule has 2 aromatic rings. The minimum atomic E-state index is -0.282. The van der Waals surface area contributed by atoms with Gasteiger partial charge in [-0.15, -0.1) is 0 Å². The van der Waals surface area contributed by atoms with Gasteiger partial charge in [-0.05, 0) is 6.42 Å². The van der Waals surface area contributed by atoms with Gasteiger partial charge in [0.15, 0.2) is 0 Å². The Morgan fingerprint density at radius 1 is 1.17 bits per heavy atom. The zero-order valence-electron chi connectivity index (χ0n) is 15.0. The number of oxazole rings is 1. The Balaban J connectivity index is 1.86. The Kier molecular flexibility index (Phi) is 5.64. The molecule has 132 valence electrons. The molecule has 0 bridgehead atoms. The van der Waals surface area contributed by atoms with E-state index in [-0.39, 0.29) is 18.0 Å². The van der Waals surface area contributed by atoms with Crippen LogP contribution in [0.5, 0.6) is 0 Å². The number of aromatic nitrogens is 2. The maximum Gasteiger partial charge on any atom is 0.315 e. The molecule has 7 heteroatoms. The van der Waals surface area contributed by atoms with Gasteiger partial charge in [-0.3, -0.25) is 0 Å². The fraction of sp³-hybridized carbons (Fsp3) is 0.588. The van der Waals surface area contributed by atoms with Crippen LogP contribution in [0.3, 0.4) is 0 Å². The summed E-state index contributed by atoms with van der Waals surface area (Å²) < 4.78 is 10.9. The van der Waals surface area contributed by atoms with Gasteiger partial charge in [0.05, 0.1) is 18.4 Å². The molecular formula is C17H26N4O3. The SMILES string of the molecule is CCc1noc(CC)c1CNC(=O)NCc1ncc(C(C)(C)C)o1. The third-order valence-electron chi connectivity index (χ3n) is 3.73. The zero-order chi connectivity index (χ0) is 17.7. The summed E-state index contributed by atoms with van der Waals surface area (Å²) in [6.07, 6.45) is 3.22. The van der Waals surface area contributed by atoms with Gasteiger partial charge in [-0.25, -0.2) is 9.78 Å². The molecule has 0 atom stereocenters. The fourth-order valence-corrected chi connectivity index (χ4v) is 2.26. The van der Waals surface area contributed by atoms with Crippen LogP contribution in [0.15, 0.2) is 15.1 Å². The highest BCUT2D eigenvalue weighted by Gasteiger charge is 2.19. The topological polar surface area (TPSA) is 93.2 Å². The van der Waals surface area contributed by atoms with Crippen molar-refractivity contribution in [2.75, 3.05) is 0 Å². The van der Waals surface area contributed by atoms with E-state index in [0.717, 1.165) is 35.6 Å². The molecule has 0 aliphatic heterocycles. The van der Waals surface area contributed by atoms with E-state index in [1.54, 1.807) is 6.20 Å². The standard InChI is InChI=1S/C17H26N4O3/c1-6-12-11(13(7-2)24-21-12)8-19-16(22)20-10-15-18-9-14(23-15)17(3,4)5/h9H,6-8,10H2,1-5H3,(H2,19,20,22). The number of urea groups is 1. The molecule has 7 nitrogen and oxygen atoms in total. The highest BCUT2D eigenvalue weighted by Crippen LogP contribution is 2.22. The maximum atomic E-state index is 12.0. The average Bonchev–Trinajstić information content (AvgIpc) is 3.16. The first-order valence-corrected chi connectivity index (χ1v) is 8.28. The van der Waals surface area contributed by atoms with Crippen LogP contribution in [0.4, 0.5) is 4.79 Å². The molecule has 2 aromatic heterocycles. The molecule has 0 saturated carbocycles. The highest BCUT2D eigenvalue weighted by atomic mass is 16.5. The molecule has 2 rings (SSSR count). The van der Waals surface area contributed by atoms with Crippen molar-refractivity contribution in [1.82, 2.24) is 20.8 Å². The lowest BCUT2D eigenvalue weighted by Crippen LogP contribution is -2.35. The molecule has 0 fully saturated rings. The largest absolute Gasteiger partial charge is 0.443 e. The first-order valence-electron chi connectivity index (χ1n) is 8.28. The first-order chi connectivity index (χ1) is 11.3. The predicted octanol–water partition coefficient (Wildman–Crippen LogP) is 3.08. The summed E-state index contributed by atoms with van der Waals surface area (Å²) in [5.41, 5.74) is 1.74. The van der Waals surface area contributed by atoms with Crippen molar-refractivity contribution in [3.63, 3.8) is 0 Å². The molecule has 0 unspecified atom stereocenters. The predicted molar refractivity (Wildman–Crippen MR) is 89.5 cm³/mol. The van der Waals surface area contributed by atoms with Crippen LogP contribution in [-0.4, -0.2) is 16.2 Å². The molecule has 2 N–H and O–H groups in total. The Labute approximate surface area is 142 Å². The van der Waals surface area contributed by atoms with Gasteiger partial charge in [-0.1, -0.05) is 39.8 Å². The molecule has 2 amide bonds. The van der Waals surface area contributed by atoms with Crippen LogP contribution in [-0.2, 0) is 31.3 Å². The van der Waals surface area contributed by atoms with Crippen molar-refractivity contribution in [3.05, 3.63) is 34.9 Å². The number of carbonyl (C=O) groups is 1. The van der Waals surface area contributed by atoms with Crippen molar-refractivity contribution < 1.29 is 13.7 Å².